The van der Waals surface area contributed by atoms with Crippen LogP contribution in [0.2, 0.25) is 0 Å². The minimum Gasteiger partial charge on any atom is -0.497 e. The summed E-state index contributed by atoms with van der Waals surface area (Å²) in [5.74, 6) is -1.09. The van der Waals surface area contributed by atoms with Gasteiger partial charge < -0.3 is 26.4 Å². The molecule has 0 saturated heterocycles. The summed E-state index contributed by atoms with van der Waals surface area (Å²) in [7, 11) is 1.54. The molecule has 1 aromatic carbocycles. The zero-order valence-corrected chi connectivity index (χ0v) is 15.5. The number of nitrogens with zero attached hydrogens (tertiary/aromatic N) is 1. The Labute approximate surface area is 156 Å². The van der Waals surface area contributed by atoms with E-state index < -0.39 is 17.4 Å². The van der Waals surface area contributed by atoms with Gasteiger partial charge in [-0.3, -0.25) is 9.59 Å². The number of aryl methyl sites for hydroxylation is 1. The highest BCUT2D eigenvalue weighted by Crippen LogP contribution is 2.27. The molecule has 0 bridgehead atoms. The molecule has 8 nitrogen and oxygen atoms in total. The Morgan fingerprint density at radius 1 is 1.26 bits per heavy atom. The molecule has 0 aliphatic rings. The van der Waals surface area contributed by atoms with Gasteiger partial charge in [0, 0.05) is 11.8 Å². The minimum absolute atomic E-state index is 0.0703. The van der Waals surface area contributed by atoms with Gasteiger partial charge in [0.2, 0.25) is 6.41 Å². The Morgan fingerprint density at radius 3 is 2.56 bits per heavy atom. The standard InChI is InChI=1S/C18H22FN5O3/c1-10-5-11(7-12(6-10)27-4)22-16-13(15(20)26)8-14(19)17(23-16)24-18(2,3)21-9-25/h5-9H,1-4H3,(H2,20,26)(H,21,25)(H2,22,23,24). The summed E-state index contributed by atoms with van der Waals surface area (Å²) >= 11 is 0. The van der Waals surface area contributed by atoms with Crippen molar-refractivity contribution in [1.82, 2.24) is 10.3 Å². The highest BCUT2D eigenvalue weighted by atomic mass is 19.1. The largest absolute Gasteiger partial charge is 0.497 e. The van der Waals surface area contributed by atoms with E-state index in [2.05, 4.69) is 20.9 Å². The molecule has 0 radical (unpaired) electrons. The molecule has 0 unspecified atom stereocenters. The van der Waals surface area contributed by atoms with Crippen molar-refractivity contribution in [1.29, 1.82) is 0 Å². The molecule has 2 amide bonds. The summed E-state index contributed by atoms with van der Waals surface area (Å²) < 4.78 is 19.6. The summed E-state index contributed by atoms with van der Waals surface area (Å²) in [5, 5.41) is 8.23. The molecule has 0 saturated carbocycles. The second kappa shape index (κ2) is 7.90. The Kier molecular flexibility index (Phi) is 5.84. The van der Waals surface area contributed by atoms with E-state index in [4.69, 9.17) is 10.5 Å². The van der Waals surface area contributed by atoms with Gasteiger partial charge in [-0.25, -0.2) is 9.37 Å². The van der Waals surface area contributed by atoms with E-state index in [-0.39, 0.29) is 17.2 Å². The third-order valence-corrected chi connectivity index (χ3v) is 3.64. The molecule has 27 heavy (non-hydrogen) atoms. The van der Waals surface area contributed by atoms with E-state index in [0.29, 0.717) is 17.8 Å². The first-order valence-electron chi connectivity index (χ1n) is 8.08. The maximum Gasteiger partial charge on any atom is 0.252 e. The van der Waals surface area contributed by atoms with Gasteiger partial charge in [-0.15, -0.1) is 0 Å². The second-order valence-corrected chi connectivity index (χ2v) is 6.46. The van der Waals surface area contributed by atoms with Gasteiger partial charge in [0.1, 0.15) is 17.2 Å². The topological polar surface area (TPSA) is 118 Å². The normalized spacial score (nSPS) is 10.9. The molecule has 144 valence electrons. The fourth-order valence-electron chi connectivity index (χ4n) is 2.41. The number of rotatable bonds is 8. The predicted molar refractivity (Wildman–Crippen MR) is 101 cm³/mol. The zero-order valence-electron chi connectivity index (χ0n) is 15.5. The van der Waals surface area contributed by atoms with Crippen molar-refractivity contribution in [3.8, 4) is 5.75 Å². The molecule has 9 heteroatoms. The van der Waals surface area contributed by atoms with Crippen LogP contribution < -0.4 is 26.4 Å². The number of ether oxygens (including phenoxy) is 1. The number of aromatic nitrogens is 1. The van der Waals surface area contributed by atoms with Crippen LogP contribution in [-0.4, -0.2) is 30.1 Å². The van der Waals surface area contributed by atoms with Crippen molar-refractivity contribution in [2.45, 2.75) is 26.4 Å². The molecule has 2 rings (SSSR count). The second-order valence-electron chi connectivity index (χ2n) is 6.46. The van der Waals surface area contributed by atoms with Gasteiger partial charge in [0.05, 0.1) is 12.7 Å². The quantitative estimate of drug-likeness (QED) is 0.415. The van der Waals surface area contributed by atoms with Gasteiger partial charge in [-0.2, -0.15) is 0 Å². The van der Waals surface area contributed by atoms with Crippen LogP contribution in [0.15, 0.2) is 24.3 Å². The van der Waals surface area contributed by atoms with Crippen LogP contribution >= 0.6 is 0 Å². The lowest BCUT2D eigenvalue weighted by atomic mass is 10.2. The van der Waals surface area contributed by atoms with E-state index in [1.54, 1.807) is 19.9 Å². The lowest BCUT2D eigenvalue weighted by molar-refractivity contribution is -0.110. The molecule has 0 spiro atoms. The van der Waals surface area contributed by atoms with Crippen LogP contribution in [0.25, 0.3) is 0 Å². The van der Waals surface area contributed by atoms with E-state index in [1.165, 1.54) is 7.11 Å². The Balaban J connectivity index is 2.47. The Morgan fingerprint density at radius 2 is 1.96 bits per heavy atom. The predicted octanol–water partition coefficient (Wildman–Crippen LogP) is 2.27. The van der Waals surface area contributed by atoms with Gasteiger partial charge in [0.25, 0.3) is 5.91 Å². The summed E-state index contributed by atoms with van der Waals surface area (Å²) in [6.45, 7) is 5.13. The Hall–Kier alpha value is -3.36. The van der Waals surface area contributed by atoms with E-state index in [9.17, 15) is 14.0 Å². The number of halogens is 1. The van der Waals surface area contributed by atoms with Crippen LogP contribution in [0.4, 0.5) is 21.7 Å². The highest BCUT2D eigenvalue weighted by Gasteiger charge is 2.22. The fraction of sp³-hybridized carbons (Fsp3) is 0.278. The molecule has 0 atom stereocenters. The molecule has 0 fully saturated rings. The lowest BCUT2D eigenvalue weighted by Gasteiger charge is -2.26. The fourth-order valence-corrected chi connectivity index (χ4v) is 2.41. The first-order chi connectivity index (χ1) is 12.6. The van der Waals surface area contributed by atoms with Crippen LogP contribution in [-0.2, 0) is 4.79 Å². The van der Waals surface area contributed by atoms with Crippen molar-refractivity contribution in [3.05, 3.63) is 41.2 Å². The van der Waals surface area contributed by atoms with Crippen LogP contribution in [0.3, 0.4) is 0 Å². The number of primary amides is 1. The van der Waals surface area contributed by atoms with Gasteiger partial charge in [-0.1, -0.05) is 0 Å². The molecule has 0 aliphatic heterocycles. The molecule has 0 aliphatic carbocycles. The van der Waals surface area contributed by atoms with Crippen molar-refractivity contribution in [2.75, 3.05) is 17.7 Å². The SMILES string of the molecule is COc1cc(C)cc(Nc2nc(NC(C)(C)NC=O)c(F)cc2C(N)=O)c1. The number of methoxy groups -OCH3 is 1. The van der Waals surface area contributed by atoms with Crippen LogP contribution in [0.1, 0.15) is 29.8 Å². The molecular formula is C18H22FN5O3. The Bertz CT molecular complexity index is 870. The average Bonchev–Trinajstić information content (AvgIpc) is 2.56. The number of anilines is 3. The first-order valence-corrected chi connectivity index (χ1v) is 8.08. The number of nitrogens with one attached hydrogen (secondary N) is 3. The van der Waals surface area contributed by atoms with Crippen molar-refractivity contribution >= 4 is 29.6 Å². The third-order valence-electron chi connectivity index (χ3n) is 3.64. The zero-order chi connectivity index (χ0) is 20.2. The van der Waals surface area contributed by atoms with Gasteiger partial charge in [-0.05, 0) is 44.5 Å². The summed E-state index contributed by atoms with van der Waals surface area (Å²) in [4.78, 5) is 26.6. The number of carbonyl (C=O) groups is 2. The average molecular weight is 375 g/mol. The van der Waals surface area contributed by atoms with E-state index in [1.807, 2.05) is 19.1 Å². The number of carbonyl (C=O) groups excluding carboxylic acids is 2. The monoisotopic (exact) mass is 375 g/mol. The molecular weight excluding hydrogens is 353 g/mol. The molecule has 1 heterocycles. The number of amides is 2. The van der Waals surface area contributed by atoms with Gasteiger partial charge in [0.15, 0.2) is 11.6 Å². The maximum absolute atomic E-state index is 14.4. The van der Waals surface area contributed by atoms with E-state index in [0.717, 1.165) is 11.6 Å². The van der Waals surface area contributed by atoms with Crippen LogP contribution in [0.5, 0.6) is 5.75 Å². The molecule has 5 N–H and O–H groups in total. The first kappa shape index (κ1) is 20.0. The van der Waals surface area contributed by atoms with Crippen LogP contribution in [0, 0.1) is 12.7 Å². The van der Waals surface area contributed by atoms with Crippen molar-refractivity contribution < 1.29 is 18.7 Å². The number of hydrogen-bond donors (Lipinski definition) is 4. The smallest absolute Gasteiger partial charge is 0.252 e. The number of hydrogen-bond acceptors (Lipinski definition) is 6. The highest BCUT2D eigenvalue weighted by molar-refractivity contribution is 5.98. The number of pyridine rings is 1. The molecule has 2 aromatic rings. The van der Waals surface area contributed by atoms with E-state index >= 15 is 0 Å². The summed E-state index contributed by atoms with van der Waals surface area (Å²) in [6, 6.07) is 6.33. The maximum atomic E-state index is 14.4. The lowest BCUT2D eigenvalue weighted by Crippen LogP contribution is -2.46. The van der Waals surface area contributed by atoms with Gasteiger partial charge >= 0.3 is 0 Å². The number of nitrogens with two attached hydrogens (primary N) is 1. The third kappa shape index (κ3) is 5.06. The molecule has 1 aromatic heterocycles. The van der Waals surface area contributed by atoms with Crippen molar-refractivity contribution in [3.63, 3.8) is 0 Å². The number of benzene rings is 1. The summed E-state index contributed by atoms with van der Waals surface area (Å²) in [5.41, 5.74) is 5.78. The minimum atomic E-state index is -0.965. The summed E-state index contributed by atoms with van der Waals surface area (Å²) in [6.07, 6.45) is 0.487. The van der Waals surface area contributed by atoms with Crippen molar-refractivity contribution in [2.24, 2.45) is 5.73 Å².